The largest absolute Gasteiger partial charge is 0.480 e. The summed E-state index contributed by atoms with van der Waals surface area (Å²) in [5, 5.41) is 16.7. The summed E-state index contributed by atoms with van der Waals surface area (Å²) in [6, 6.07) is -1.82. The highest BCUT2D eigenvalue weighted by Crippen LogP contribution is 2.02. The van der Waals surface area contributed by atoms with Gasteiger partial charge in [-0.25, -0.2) is 0 Å². The van der Waals surface area contributed by atoms with Gasteiger partial charge in [0, 0.05) is 31.7 Å². The van der Waals surface area contributed by atoms with Gasteiger partial charge in [-0.15, -0.1) is 0 Å². The molecule has 0 saturated carbocycles. The van der Waals surface area contributed by atoms with E-state index in [9.17, 15) is 24.0 Å². The van der Waals surface area contributed by atoms with E-state index in [1.807, 2.05) is 0 Å². The molecule has 0 radical (unpaired) electrons. The highest BCUT2D eigenvalue weighted by Gasteiger charge is 2.22. The van der Waals surface area contributed by atoms with E-state index in [1.165, 1.54) is 30.9 Å². The van der Waals surface area contributed by atoms with Gasteiger partial charge in [-0.05, 0) is 33.2 Å². The Bertz CT molecular complexity index is 616. The number of carboxylic acid groups (broad SMARTS) is 1. The molecule has 156 valence electrons. The Morgan fingerprint density at radius 1 is 0.964 bits per heavy atom. The van der Waals surface area contributed by atoms with Crippen LogP contribution in [0, 0.1) is 0 Å². The second-order valence-corrected chi connectivity index (χ2v) is 6.58. The van der Waals surface area contributed by atoms with E-state index in [0.29, 0.717) is 26.1 Å². The summed E-state index contributed by atoms with van der Waals surface area (Å²) in [5.41, 5.74) is 0. The van der Waals surface area contributed by atoms with Crippen LogP contribution in [0.25, 0.3) is 0 Å². The van der Waals surface area contributed by atoms with Crippen LogP contribution < -0.4 is 16.0 Å². The van der Waals surface area contributed by atoms with Crippen LogP contribution in [-0.4, -0.2) is 71.3 Å². The second kappa shape index (κ2) is 11.9. The van der Waals surface area contributed by atoms with Crippen molar-refractivity contribution < 1.29 is 29.1 Å². The molecule has 0 aromatic heterocycles. The maximum atomic E-state index is 11.8. The van der Waals surface area contributed by atoms with E-state index in [4.69, 9.17) is 5.11 Å². The van der Waals surface area contributed by atoms with Crippen molar-refractivity contribution in [2.75, 3.05) is 19.6 Å². The minimum absolute atomic E-state index is 0.267. The van der Waals surface area contributed by atoms with Gasteiger partial charge in [0.05, 0.1) is 0 Å². The van der Waals surface area contributed by atoms with Gasteiger partial charge >= 0.3 is 5.97 Å². The van der Waals surface area contributed by atoms with Crippen molar-refractivity contribution in [3.05, 3.63) is 12.2 Å². The van der Waals surface area contributed by atoms with Crippen LogP contribution >= 0.6 is 0 Å². The van der Waals surface area contributed by atoms with Gasteiger partial charge in [0.2, 0.25) is 11.8 Å². The van der Waals surface area contributed by atoms with Crippen LogP contribution in [0.2, 0.25) is 0 Å². The molecule has 1 aliphatic heterocycles. The van der Waals surface area contributed by atoms with Gasteiger partial charge in [0.25, 0.3) is 11.8 Å². The summed E-state index contributed by atoms with van der Waals surface area (Å²) in [6.45, 7) is 4.39. The zero-order valence-corrected chi connectivity index (χ0v) is 16.2. The molecule has 0 aromatic rings. The Morgan fingerprint density at radius 2 is 1.61 bits per heavy atom. The van der Waals surface area contributed by atoms with Gasteiger partial charge in [-0.1, -0.05) is 6.42 Å². The molecule has 4 N–H and O–H groups in total. The summed E-state index contributed by atoms with van der Waals surface area (Å²) >= 11 is 0. The highest BCUT2D eigenvalue weighted by atomic mass is 16.4. The van der Waals surface area contributed by atoms with Crippen molar-refractivity contribution in [3.8, 4) is 0 Å². The van der Waals surface area contributed by atoms with Crippen LogP contribution in [0.3, 0.4) is 0 Å². The third kappa shape index (κ3) is 8.30. The molecule has 28 heavy (non-hydrogen) atoms. The highest BCUT2D eigenvalue weighted by molar-refractivity contribution is 6.12. The molecule has 10 nitrogen and oxygen atoms in total. The van der Waals surface area contributed by atoms with E-state index in [2.05, 4.69) is 16.0 Å². The first-order chi connectivity index (χ1) is 13.2. The predicted molar refractivity (Wildman–Crippen MR) is 100 cm³/mol. The van der Waals surface area contributed by atoms with Crippen molar-refractivity contribution in [2.45, 2.75) is 51.6 Å². The first-order valence-electron chi connectivity index (χ1n) is 9.29. The molecule has 4 amide bonds. The molecule has 0 aromatic carbocycles. The van der Waals surface area contributed by atoms with E-state index < -0.39 is 24.0 Å². The van der Waals surface area contributed by atoms with Crippen molar-refractivity contribution in [2.24, 2.45) is 0 Å². The smallest absolute Gasteiger partial charge is 0.325 e. The van der Waals surface area contributed by atoms with Crippen LogP contribution in [0.5, 0.6) is 0 Å². The second-order valence-electron chi connectivity index (χ2n) is 6.58. The number of nitrogens with zero attached hydrogens (tertiary/aromatic N) is 1. The quantitative estimate of drug-likeness (QED) is 0.234. The van der Waals surface area contributed by atoms with Crippen LogP contribution in [-0.2, 0) is 24.0 Å². The number of nitrogens with one attached hydrogen (secondary N) is 3. The molecule has 2 unspecified atom stereocenters. The van der Waals surface area contributed by atoms with Crippen molar-refractivity contribution >= 4 is 29.6 Å². The van der Waals surface area contributed by atoms with Crippen molar-refractivity contribution in [1.82, 2.24) is 20.9 Å². The number of hydrogen-bond acceptors (Lipinski definition) is 6. The third-order valence-corrected chi connectivity index (χ3v) is 4.17. The van der Waals surface area contributed by atoms with E-state index >= 15 is 0 Å². The number of hydrogen-bond donors (Lipinski definition) is 4. The average Bonchev–Trinajstić information content (AvgIpc) is 2.95. The van der Waals surface area contributed by atoms with Crippen LogP contribution in [0.1, 0.15) is 39.5 Å². The zero-order chi connectivity index (χ0) is 21.1. The summed E-state index contributed by atoms with van der Waals surface area (Å²) in [4.78, 5) is 58.2. The fraction of sp³-hybridized carbons (Fsp3) is 0.611. The maximum absolute atomic E-state index is 11.8. The fourth-order valence-corrected chi connectivity index (χ4v) is 2.46. The molecular weight excluding hydrogens is 368 g/mol. The lowest BCUT2D eigenvalue weighted by atomic mass is 10.1. The summed E-state index contributed by atoms with van der Waals surface area (Å²) in [6.07, 6.45) is 5.07. The van der Waals surface area contributed by atoms with Gasteiger partial charge in [-0.3, -0.25) is 28.9 Å². The van der Waals surface area contributed by atoms with Crippen molar-refractivity contribution in [1.29, 1.82) is 0 Å². The Balaban J connectivity index is 2.04. The Morgan fingerprint density at radius 3 is 2.21 bits per heavy atom. The number of carbonyl (C=O) groups is 5. The number of carboxylic acids is 1. The monoisotopic (exact) mass is 396 g/mol. The van der Waals surface area contributed by atoms with E-state index in [-0.39, 0.29) is 24.1 Å². The number of imide groups is 1. The first-order valence-corrected chi connectivity index (χ1v) is 9.29. The van der Waals surface area contributed by atoms with Crippen LogP contribution in [0.15, 0.2) is 12.2 Å². The summed E-state index contributed by atoms with van der Waals surface area (Å²) < 4.78 is 0. The number of aliphatic carboxylic acids is 1. The van der Waals surface area contributed by atoms with E-state index in [0.717, 1.165) is 12.8 Å². The first kappa shape index (κ1) is 23.3. The molecular formula is C18H28N4O6. The molecule has 2 atom stereocenters. The molecule has 1 aliphatic rings. The van der Waals surface area contributed by atoms with Gasteiger partial charge in [0.1, 0.15) is 12.1 Å². The summed E-state index contributed by atoms with van der Waals surface area (Å²) in [7, 11) is 0. The standard InChI is InChI=1S/C18H28N4O6/c1-12(17(26)21-13(2)18(27)28)20-14(23)6-4-3-5-9-19-10-11-22-15(24)7-8-16(22)25/h7-8,12-13,19H,3-6,9-11H2,1-2H3,(H,20,23)(H,21,26)(H,27,28). The Hall–Kier alpha value is -2.75. The molecule has 0 fully saturated rings. The number of amides is 4. The molecule has 0 saturated heterocycles. The normalized spacial score (nSPS) is 15.4. The molecule has 0 bridgehead atoms. The predicted octanol–water partition coefficient (Wildman–Crippen LogP) is -0.845. The number of unbranched alkanes of at least 4 members (excludes halogenated alkanes) is 2. The lowest BCUT2D eigenvalue weighted by Gasteiger charge is -2.16. The number of rotatable bonds is 13. The molecule has 1 rings (SSSR count). The van der Waals surface area contributed by atoms with Crippen molar-refractivity contribution in [3.63, 3.8) is 0 Å². The van der Waals surface area contributed by atoms with Gasteiger partial charge < -0.3 is 21.1 Å². The van der Waals surface area contributed by atoms with E-state index in [1.54, 1.807) is 0 Å². The summed E-state index contributed by atoms with van der Waals surface area (Å²) in [5.74, 6) is -2.54. The molecule has 0 spiro atoms. The zero-order valence-electron chi connectivity index (χ0n) is 16.2. The minimum Gasteiger partial charge on any atom is -0.480 e. The topological polar surface area (TPSA) is 145 Å². The Labute approximate surface area is 163 Å². The number of carbonyl (C=O) groups excluding carboxylic acids is 4. The molecule has 10 heteroatoms. The molecule has 0 aliphatic carbocycles. The molecule has 1 heterocycles. The fourth-order valence-electron chi connectivity index (χ4n) is 2.46. The van der Waals surface area contributed by atoms with Gasteiger partial charge in [0.15, 0.2) is 0 Å². The average molecular weight is 396 g/mol. The Kier molecular flexibility index (Phi) is 9.86. The third-order valence-electron chi connectivity index (χ3n) is 4.17. The van der Waals surface area contributed by atoms with Gasteiger partial charge in [-0.2, -0.15) is 0 Å². The lowest BCUT2D eigenvalue weighted by Crippen LogP contribution is -2.49. The lowest BCUT2D eigenvalue weighted by molar-refractivity contribution is -0.141. The van der Waals surface area contributed by atoms with Crippen LogP contribution in [0.4, 0.5) is 0 Å². The SMILES string of the molecule is CC(NC(=O)C(C)NC(=O)CCCCCNCCN1C(=O)C=CC1=O)C(=O)O. The minimum atomic E-state index is -1.14. The maximum Gasteiger partial charge on any atom is 0.325 e.